The second-order valence-electron chi connectivity index (χ2n) is 3.49. The van der Waals surface area contributed by atoms with Crippen molar-refractivity contribution >= 4 is 11.9 Å². The maximum atomic E-state index is 11.4. The van der Waals surface area contributed by atoms with Crippen molar-refractivity contribution < 1.29 is 14.3 Å². The molecule has 4 nitrogen and oxygen atoms in total. The SMILES string of the molecule is CCC(=O)COC(=O)N1CCCCC1. The Bertz CT molecular complexity index is 209. The molecule has 0 bridgehead atoms. The second-order valence-corrected chi connectivity index (χ2v) is 3.49. The molecule has 0 aromatic heterocycles. The number of carbonyl (C=O) groups is 2. The Hall–Kier alpha value is -1.06. The minimum absolute atomic E-state index is 0.0321. The number of ether oxygens (including phenoxy) is 1. The van der Waals surface area contributed by atoms with Crippen molar-refractivity contribution in [1.29, 1.82) is 0 Å². The zero-order valence-electron chi connectivity index (χ0n) is 8.62. The maximum absolute atomic E-state index is 11.4. The van der Waals surface area contributed by atoms with Crippen LogP contribution in [0.25, 0.3) is 0 Å². The van der Waals surface area contributed by atoms with Crippen molar-refractivity contribution in [1.82, 2.24) is 4.90 Å². The second kappa shape index (κ2) is 5.62. The van der Waals surface area contributed by atoms with Gasteiger partial charge in [0, 0.05) is 19.5 Å². The molecular formula is C10H17NO3. The number of ketones is 1. The van der Waals surface area contributed by atoms with E-state index in [0.717, 1.165) is 25.9 Å². The standard InChI is InChI=1S/C10H17NO3/c1-2-9(12)8-14-10(13)11-6-4-3-5-7-11/h2-8H2,1H3. The molecule has 0 unspecified atom stereocenters. The minimum Gasteiger partial charge on any atom is -0.441 e. The topological polar surface area (TPSA) is 46.6 Å². The molecule has 0 aromatic carbocycles. The zero-order valence-corrected chi connectivity index (χ0v) is 8.62. The quantitative estimate of drug-likeness (QED) is 0.693. The van der Waals surface area contributed by atoms with Gasteiger partial charge in [0.05, 0.1) is 0 Å². The van der Waals surface area contributed by atoms with Crippen LogP contribution in [0.1, 0.15) is 32.6 Å². The summed E-state index contributed by atoms with van der Waals surface area (Å²) in [5.74, 6) is -0.0321. The van der Waals surface area contributed by atoms with E-state index < -0.39 is 0 Å². The predicted octanol–water partition coefficient (Wildman–Crippen LogP) is 1.59. The van der Waals surface area contributed by atoms with Gasteiger partial charge < -0.3 is 9.64 Å². The first-order valence-electron chi connectivity index (χ1n) is 5.17. The monoisotopic (exact) mass is 199 g/mol. The molecule has 4 heteroatoms. The number of amides is 1. The summed E-state index contributed by atoms with van der Waals surface area (Å²) >= 11 is 0. The average Bonchev–Trinajstić information content (AvgIpc) is 2.26. The van der Waals surface area contributed by atoms with Crippen molar-refractivity contribution in [3.05, 3.63) is 0 Å². The maximum Gasteiger partial charge on any atom is 0.410 e. The van der Waals surface area contributed by atoms with Crippen LogP contribution in [0.5, 0.6) is 0 Å². The Kier molecular flexibility index (Phi) is 4.43. The largest absolute Gasteiger partial charge is 0.441 e. The predicted molar refractivity (Wildman–Crippen MR) is 52.1 cm³/mol. The van der Waals surface area contributed by atoms with Crippen LogP contribution in [0.2, 0.25) is 0 Å². The molecule has 0 aromatic rings. The van der Waals surface area contributed by atoms with Gasteiger partial charge in [-0.3, -0.25) is 4.79 Å². The zero-order chi connectivity index (χ0) is 10.4. The first-order valence-corrected chi connectivity index (χ1v) is 5.17. The lowest BCUT2D eigenvalue weighted by molar-refractivity contribution is -0.121. The third kappa shape index (κ3) is 3.36. The highest BCUT2D eigenvalue weighted by atomic mass is 16.6. The number of piperidine rings is 1. The lowest BCUT2D eigenvalue weighted by Gasteiger charge is -2.25. The van der Waals surface area contributed by atoms with Crippen LogP contribution in [-0.4, -0.2) is 36.5 Å². The summed E-state index contributed by atoms with van der Waals surface area (Å²) < 4.78 is 4.87. The van der Waals surface area contributed by atoms with Crippen LogP contribution in [0, 0.1) is 0 Å². The van der Waals surface area contributed by atoms with E-state index in [-0.39, 0.29) is 18.5 Å². The van der Waals surface area contributed by atoms with Crippen molar-refractivity contribution in [2.24, 2.45) is 0 Å². The highest BCUT2D eigenvalue weighted by Crippen LogP contribution is 2.09. The molecule has 1 heterocycles. The van der Waals surface area contributed by atoms with E-state index in [1.807, 2.05) is 0 Å². The van der Waals surface area contributed by atoms with E-state index in [0.29, 0.717) is 6.42 Å². The van der Waals surface area contributed by atoms with Gasteiger partial charge in [0.1, 0.15) is 0 Å². The number of rotatable bonds is 3. The summed E-state index contributed by atoms with van der Waals surface area (Å²) in [5, 5.41) is 0. The molecule has 14 heavy (non-hydrogen) atoms. The van der Waals surface area contributed by atoms with Gasteiger partial charge in [0.2, 0.25) is 0 Å². The molecular weight excluding hydrogens is 182 g/mol. The summed E-state index contributed by atoms with van der Waals surface area (Å²) in [4.78, 5) is 23.9. The number of likely N-dealkylation sites (tertiary alicyclic amines) is 1. The average molecular weight is 199 g/mol. The Balaban J connectivity index is 2.23. The van der Waals surface area contributed by atoms with E-state index in [1.165, 1.54) is 6.42 Å². The van der Waals surface area contributed by atoms with Crippen molar-refractivity contribution in [2.75, 3.05) is 19.7 Å². The van der Waals surface area contributed by atoms with Gasteiger partial charge in [-0.15, -0.1) is 0 Å². The molecule has 80 valence electrons. The summed E-state index contributed by atoms with van der Waals surface area (Å²) in [6.45, 7) is 3.21. The van der Waals surface area contributed by atoms with Crippen LogP contribution in [0.15, 0.2) is 0 Å². The lowest BCUT2D eigenvalue weighted by atomic mass is 10.1. The fraction of sp³-hybridized carbons (Fsp3) is 0.800. The number of hydrogen-bond donors (Lipinski definition) is 0. The van der Waals surface area contributed by atoms with Gasteiger partial charge in [-0.25, -0.2) is 4.79 Å². The lowest BCUT2D eigenvalue weighted by Crippen LogP contribution is -2.36. The molecule has 1 fully saturated rings. The van der Waals surface area contributed by atoms with E-state index >= 15 is 0 Å². The molecule has 0 saturated carbocycles. The molecule has 0 N–H and O–H groups in total. The summed E-state index contributed by atoms with van der Waals surface area (Å²) in [6.07, 6.45) is 3.34. The normalized spacial score (nSPS) is 16.5. The highest BCUT2D eigenvalue weighted by Gasteiger charge is 2.17. The Morgan fingerprint density at radius 3 is 2.43 bits per heavy atom. The van der Waals surface area contributed by atoms with Gasteiger partial charge in [-0.1, -0.05) is 6.92 Å². The van der Waals surface area contributed by atoms with Crippen LogP contribution in [0.4, 0.5) is 4.79 Å². The minimum atomic E-state index is -0.341. The van der Waals surface area contributed by atoms with Crippen LogP contribution >= 0.6 is 0 Å². The first kappa shape index (κ1) is 11.0. The van der Waals surface area contributed by atoms with E-state index in [2.05, 4.69) is 0 Å². The van der Waals surface area contributed by atoms with E-state index in [9.17, 15) is 9.59 Å². The van der Waals surface area contributed by atoms with Crippen LogP contribution in [0.3, 0.4) is 0 Å². The fourth-order valence-corrected chi connectivity index (χ4v) is 1.41. The molecule has 1 saturated heterocycles. The van der Waals surface area contributed by atoms with Crippen LogP contribution in [-0.2, 0) is 9.53 Å². The van der Waals surface area contributed by atoms with Crippen molar-refractivity contribution in [3.8, 4) is 0 Å². The Morgan fingerprint density at radius 1 is 1.21 bits per heavy atom. The molecule has 1 rings (SSSR count). The summed E-state index contributed by atoms with van der Waals surface area (Å²) in [5.41, 5.74) is 0. The van der Waals surface area contributed by atoms with Gasteiger partial charge in [0.25, 0.3) is 0 Å². The Labute approximate surface area is 84.2 Å². The van der Waals surface area contributed by atoms with Crippen molar-refractivity contribution in [2.45, 2.75) is 32.6 Å². The molecule has 1 aliphatic heterocycles. The molecule has 0 spiro atoms. The molecule has 1 amide bonds. The third-order valence-corrected chi connectivity index (χ3v) is 2.37. The number of hydrogen-bond acceptors (Lipinski definition) is 3. The van der Waals surface area contributed by atoms with E-state index in [4.69, 9.17) is 4.74 Å². The smallest absolute Gasteiger partial charge is 0.410 e. The van der Waals surface area contributed by atoms with Gasteiger partial charge in [-0.2, -0.15) is 0 Å². The van der Waals surface area contributed by atoms with E-state index in [1.54, 1.807) is 11.8 Å². The van der Waals surface area contributed by atoms with Crippen LogP contribution < -0.4 is 0 Å². The number of Topliss-reactive ketones (excluding diaryl/α,β-unsaturated/α-hetero) is 1. The third-order valence-electron chi connectivity index (χ3n) is 2.37. The molecule has 0 radical (unpaired) electrons. The number of carbonyl (C=O) groups excluding carboxylic acids is 2. The van der Waals surface area contributed by atoms with Gasteiger partial charge >= 0.3 is 6.09 Å². The summed E-state index contributed by atoms with van der Waals surface area (Å²) in [7, 11) is 0. The molecule has 1 aliphatic rings. The van der Waals surface area contributed by atoms with Crippen molar-refractivity contribution in [3.63, 3.8) is 0 Å². The summed E-state index contributed by atoms with van der Waals surface area (Å²) in [6, 6.07) is 0. The Morgan fingerprint density at radius 2 is 1.86 bits per heavy atom. The highest BCUT2D eigenvalue weighted by molar-refractivity contribution is 5.81. The van der Waals surface area contributed by atoms with Gasteiger partial charge in [0.15, 0.2) is 12.4 Å². The number of nitrogens with zero attached hydrogens (tertiary/aromatic N) is 1. The molecule has 0 atom stereocenters. The van der Waals surface area contributed by atoms with Gasteiger partial charge in [-0.05, 0) is 19.3 Å². The molecule has 0 aliphatic carbocycles. The first-order chi connectivity index (χ1) is 6.74. The fourth-order valence-electron chi connectivity index (χ4n) is 1.41.